The zero-order chi connectivity index (χ0) is 8.13. The lowest BCUT2D eigenvalue weighted by Gasteiger charge is -2.32. The minimum atomic E-state index is 0.241. The first-order chi connectivity index (χ1) is 5.86. The van der Waals surface area contributed by atoms with E-state index >= 15 is 0 Å². The topological polar surface area (TPSA) is 17.1 Å². The number of ketones is 1. The molecule has 0 saturated carbocycles. The maximum absolute atomic E-state index is 11.5. The Hall–Kier alpha value is -1.11. The summed E-state index contributed by atoms with van der Waals surface area (Å²) in [6.45, 7) is 0. The second-order valence-corrected chi connectivity index (χ2v) is 3.79. The Balaban J connectivity index is 2.16. The third-order valence-corrected chi connectivity index (χ3v) is 3.20. The number of hydrogen-bond donors (Lipinski definition) is 0. The maximum atomic E-state index is 11.5. The van der Waals surface area contributed by atoms with Gasteiger partial charge in [0.2, 0.25) is 0 Å². The van der Waals surface area contributed by atoms with Gasteiger partial charge in [-0.2, -0.15) is 0 Å². The molecule has 0 radical (unpaired) electrons. The summed E-state index contributed by atoms with van der Waals surface area (Å²) in [6.07, 6.45) is 12.6. The molecule has 3 aliphatic rings. The molecule has 2 unspecified atom stereocenters. The third-order valence-electron chi connectivity index (χ3n) is 3.20. The van der Waals surface area contributed by atoms with Gasteiger partial charge in [-0.1, -0.05) is 30.4 Å². The van der Waals surface area contributed by atoms with Crippen LogP contribution in [0.4, 0.5) is 0 Å². The van der Waals surface area contributed by atoms with Crippen LogP contribution in [0.15, 0.2) is 36.5 Å². The number of rotatable bonds is 0. The Morgan fingerprint density at radius 3 is 2.50 bits per heavy atom. The van der Waals surface area contributed by atoms with Gasteiger partial charge >= 0.3 is 0 Å². The molecule has 0 heterocycles. The largest absolute Gasteiger partial charge is 0.294 e. The van der Waals surface area contributed by atoms with Crippen molar-refractivity contribution in [3.05, 3.63) is 36.5 Å². The normalized spacial score (nSPS) is 47.2. The van der Waals surface area contributed by atoms with Crippen LogP contribution in [0.3, 0.4) is 0 Å². The summed E-state index contributed by atoms with van der Waals surface area (Å²) in [7, 11) is 0. The molecule has 3 rings (SSSR count). The van der Waals surface area contributed by atoms with Crippen molar-refractivity contribution in [1.29, 1.82) is 0 Å². The standard InChI is InChI=1S/C11H10O/c12-10-6-4-7-1-2-8-3-5-9(7)11(8)10/h1-9,11H/t7?,8-,9+,11?/m0/s1. The summed E-state index contributed by atoms with van der Waals surface area (Å²) in [5.74, 6) is 1.91. The maximum Gasteiger partial charge on any atom is 0.159 e. The average Bonchev–Trinajstić information content (AvgIpc) is 2.38. The SMILES string of the molecule is O=C1C=CC2C=C[C@H]3C=C[C@H]2C13. The van der Waals surface area contributed by atoms with E-state index in [2.05, 4.69) is 24.3 Å². The first-order valence-corrected chi connectivity index (χ1v) is 4.45. The molecule has 4 atom stereocenters. The molecule has 0 saturated heterocycles. The van der Waals surface area contributed by atoms with Gasteiger partial charge in [-0.05, 0) is 12.0 Å². The minimum Gasteiger partial charge on any atom is -0.294 e. The van der Waals surface area contributed by atoms with Gasteiger partial charge in [0.15, 0.2) is 5.78 Å². The molecule has 1 heteroatoms. The van der Waals surface area contributed by atoms with Crippen LogP contribution in [0.1, 0.15) is 0 Å². The Labute approximate surface area is 71.5 Å². The van der Waals surface area contributed by atoms with E-state index in [1.54, 1.807) is 6.08 Å². The quantitative estimate of drug-likeness (QED) is 0.491. The molecule has 0 spiro atoms. The first-order valence-electron chi connectivity index (χ1n) is 4.45. The summed E-state index contributed by atoms with van der Waals surface area (Å²) < 4.78 is 0. The van der Waals surface area contributed by atoms with Gasteiger partial charge in [0.1, 0.15) is 0 Å². The van der Waals surface area contributed by atoms with Gasteiger partial charge in [-0.25, -0.2) is 0 Å². The second kappa shape index (κ2) is 1.98. The monoisotopic (exact) mass is 158 g/mol. The fourth-order valence-corrected chi connectivity index (χ4v) is 2.58. The van der Waals surface area contributed by atoms with E-state index in [4.69, 9.17) is 0 Å². The van der Waals surface area contributed by atoms with E-state index in [0.717, 1.165) is 0 Å². The predicted octanol–water partition coefficient (Wildman–Crippen LogP) is 1.73. The average molecular weight is 158 g/mol. The minimum absolute atomic E-state index is 0.241. The van der Waals surface area contributed by atoms with Gasteiger partial charge in [0, 0.05) is 17.8 Å². The van der Waals surface area contributed by atoms with Crippen LogP contribution in [0.5, 0.6) is 0 Å². The lowest BCUT2D eigenvalue weighted by Crippen LogP contribution is -2.33. The van der Waals surface area contributed by atoms with Crippen LogP contribution < -0.4 is 0 Å². The predicted molar refractivity (Wildman–Crippen MR) is 46.4 cm³/mol. The van der Waals surface area contributed by atoms with Crippen molar-refractivity contribution in [2.45, 2.75) is 0 Å². The molecule has 0 aliphatic heterocycles. The molecule has 0 amide bonds. The van der Waals surface area contributed by atoms with E-state index in [-0.39, 0.29) is 5.92 Å². The van der Waals surface area contributed by atoms with Crippen molar-refractivity contribution in [1.82, 2.24) is 0 Å². The summed E-state index contributed by atoms with van der Waals surface area (Å²) in [5.41, 5.74) is 0. The van der Waals surface area contributed by atoms with Crippen molar-refractivity contribution >= 4 is 5.78 Å². The Morgan fingerprint density at radius 2 is 1.67 bits per heavy atom. The van der Waals surface area contributed by atoms with Crippen LogP contribution in [-0.2, 0) is 4.79 Å². The van der Waals surface area contributed by atoms with Crippen molar-refractivity contribution in [2.24, 2.45) is 23.7 Å². The van der Waals surface area contributed by atoms with Crippen LogP contribution in [-0.4, -0.2) is 5.78 Å². The summed E-state index contributed by atoms with van der Waals surface area (Å²) in [6, 6.07) is 0. The van der Waals surface area contributed by atoms with E-state index in [0.29, 0.717) is 23.5 Å². The fraction of sp³-hybridized carbons (Fsp3) is 0.364. The van der Waals surface area contributed by atoms with Gasteiger partial charge in [-0.15, -0.1) is 0 Å². The molecular weight excluding hydrogens is 148 g/mol. The molecule has 1 nitrogen and oxygen atoms in total. The van der Waals surface area contributed by atoms with Crippen molar-refractivity contribution in [2.75, 3.05) is 0 Å². The molecule has 0 aromatic rings. The Bertz CT molecular complexity index is 322. The van der Waals surface area contributed by atoms with Gasteiger partial charge in [-0.3, -0.25) is 4.79 Å². The van der Waals surface area contributed by atoms with Crippen molar-refractivity contribution < 1.29 is 4.79 Å². The van der Waals surface area contributed by atoms with E-state index in [9.17, 15) is 4.79 Å². The molecule has 3 aliphatic carbocycles. The van der Waals surface area contributed by atoms with Crippen molar-refractivity contribution in [3.63, 3.8) is 0 Å². The number of hydrogen-bond acceptors (Lipinski definition) is 1. The van der Waals surface area contributed by atoms with Crippen molar-refractivity contribution in [3.8, 4) is 0 Å². The number of carbonyl (C=O) groups excluding carboxylic acids is 1. The van der Waals surface area contributed by atoms with Gasteiger partial charge < -0.3 is 0 Å². The van der Waals surface area contributed by atoms with Crippen LogP contribution in [0, 0.1) is 23.7 Å². The van der Waals surface area contributed by atoms with Crippen LogP contribution >= 0.6 is 0 Å². The fourth-order valence-electron chi connectivity index (χ4n) is 2.58. The van der Waals surface area contributed by atoms with Crippen LogP contribution in [0.25, 0.3) is 0 Å². The van der Waals surface area contributed by atoms with E-state index in [1.165, 1.54) is 0 Å². The smallest absolute Gasteiger partial charge is 0.159 e. The zero-order valence-corrected chi connectivity index (χ0v) is 6.68. The highest BCUT2D eigenvalue weighted by atomic mass is 16.1. The molecule has 0 N–H and O–H groups in total. The molecule has 0 aromatic heterocycles. The lowest BCUT2D eigenvalue weighted by atomic mass is 9.70. The summed E-state index contributed by atoms with van der Waals surface area (Å²) in [4.78, 5) is 11.5. The molecular formula is C11H10O. The molecule has 4 bridgehead atoms. The second-order valence-electron chi connectivity index (χ2n) is 3.79. The van der Waals surface area contributed by atoms with Crippen LogP contribution in [0.2, 0.25) is 0 Å². The number of carbonyl (C=O) groups is 1. The third kappa shape index (κ3) is 0.619. The number of allylic oxidation sites excluding steroid dienone is 6. The molecule has 0 fully saturated rings. The lowest BCUT2D eigenvalue weighted by molar-refractivity contribution is -0.120. The highest BCUT2D eigenvalue weighted by Crippen LogP contribution is 2.44. The molecule has 0 aromatic carbocycles. The van der Waals surface area contributed by atoms with E-state index in [1.807, 2.05) is 6.08 Å². The zero-order valence-electron chi connectivity index (χ0n) is 6.68. The molecule has 12 heavy (non-hydrogen) atoms. The van der Waals surface area contributed by atoms with E-state index < -0.39 is 0 Å². The highest BCUT2D eigenvalue weighted by Gasteiger charge is 2.42. The highest BCUT2D eigenvalue weighted by molar-refractivity contribution is 5.94. The first kappa shape index (κ1) is 6.41. The summed E-state index contributed by atoms with van der Waals surface area (Å²) in [5, 5.41) is 0. The van der Waals surface area contributed by atoms with Gasteiger partial charge in [0.05, 0.1) is 0 Å². The Kier molecular flexibility index (Phi) is 1.06. The summed E-state index contributed by atoms with van der Waals surface area (Å²) >= 11 is 0. The Morgan fingerprint density at radius 1 is 0.917 bits per heavy atom. The molecule has 60 valence electrons. The van der Waals surface area contributed by atoms with Gasteiger partial charge in [0.25, 0.3) is 0 Å².